The van der Waals surface area contributed by atoms with Gasteiger partial charge in [-0.1, -0.05) is 12.2 Å². The fourth-order valence-corrected chi connectivity index (χ4v) is 1.13. The Bertz CT molecular complexity index is 151. The summed E-state index contributed by atoms with van der Waals surface area (Å²) in [4.78, 5) is 0. The molecule has 0 atom stereocenters. The van der Waals surface area contributed by atoms with Crippen LogP contribution in [-0.2, 0) is 29.7 Å². The second-order valence-electron chi connectivity index (χ2n) is 1.89. The van der Waals surface area contributed by atoms with Crippen molar-refractivity contribution in [3.63, 3.8) is 0 Å². The van der Waals surface area contributed by atoms with E-state index in [4.69, 9.17) is 37.1 Å². The summed E-state index contributed by atoms with van der Waals surface area (Å²) in [5, 5.41) is 3.08. The van der Waals surface area contributed by atoms with Gasteiger partial charge in [0, 0.05) is 6.54 Å². The van der Waals surface area contributed by atoms with Gasteiger partial charge in [-0.15, -0.1) is 11.8 Å². The summed E-state index contributed by atoms with van der Waals surface area (Å²) in [6.07, 6.45) is 3.75. The van der Waals surface area contributed by atoms with Crippen LogP contribution in [0, 0.1) is 7.43 Å². The maximum Gasteiger partial charge on any atom is 2.00 e. The van der Waals surface area contributed by atoms with Crippen molar-refractivity contribution < 1.29 is 17.1 Å². The van der Waals surface area contributed by atoms with E-state index in [2.05, 4.69) is 5.32 Å². The van der Waals surface area contributed by atoms with Crippen molar-refractivity contribution in [2.24, 2.45) is 0 Å². The molecule has 13 heavy (non-hydrogen) atoms. The summed E-state index contributed by atoms with van der Waals surface area (Å²) in [5.74, 6) is 0. The van der Waals surface area contributed by atoms with Gasteiger partial charge in [-0.2, -0.15) is 4.20 Å². The van der Waals surface area contributed by atoms with Crippen LogP contribution < -0.4 is 5.32 Å². The second-order valence-corrected chi connectivity index (χ2v) is 4.62. The molecule has 0 aromatic rings. The molecule has 0 heterocycles. The quantitative estimate of drug-likeness (QED) is 0.280. The summed E-state index contributed by atoms with van der Waals surface area (Å²) >= 11 is 16.0. The van der Waals surface area contributed by atoms with Gasteiger partial charge in [-0.25, -0.2) is 0 Å². The van der Waals surface area contributed by atoms with Gasteiger partial charge >= 0.3 is 17.1 Å². The van der Waals surface area contributed by atoms with E-state index in [1.807, 2.05) is 6.26 Å². The van der Waals surface area contributed by atoms with Crippen molar-refractivity contribution in [2.75, 3.05) is 12.8 Å². The second kappa shape index (κ2) is 13.1. The Kier molecular flexibility index (Phi) is 19.7. The number of hydrogen-bond donors (Lipinski definition) is 1. The molecule has 0 aliphatic rings. The molecule has 1 N–H and O–H groups in total. The zero-order valence-electron chi connectivity index (χ0n) is 7.63. The maximum atomic E-state index is 4.93. The molecule has 0 saturated carbocycles. The Labute approximate surface area is 112 Å². The average Bonchev–Trinajstić information content (AvgIpc) is 1.97. The van der Waals surface area contributed by atoms with Gasteiger partial charge in [0.15, 0.2) is 0 Å². The van der Waals surface area contributed by atoms with Gasteiger partial charge in [0.2, 0.25) is 0 Å². The number of thioether (sulfide) groups is 1. The Balaban J connectivity index is -0.000000500. The smallest absolute Gasteiger partial charge is 0.433 e. The van der Waals surface area contributed by atoms with Crippen LogP contribution in [0.1, 0.15) is 12.8 Å². The van der Waals surface area contributed by atoms with Crippen LogP contribution >= 0.6 is 36.2 Å². The van der Waals surface area contributed by atoms with E-state index in [-0.39, 0.29) is 24.5 Å². The van der Waals surface area contributed by atoms with Gasteiger partial charge in [-0.3, -0.25) is 0 Å². The standard InChI is InChI=1S/C6H11NS4.CH3.Mn/c1-11-6(10)7-4-2-3-5(8)9;;/h2-4H2,1H3,(H,7,10)(H,8,9);1H3;/q;-1;+2/p-1. The monoisotopic (exact) mass is 294 g/mol. The number of rotatable bonds is 4. The van der Waals surface area contributed by atoms with Crippen molar-refractivity contribution in [1.82, 2.24) is 5.32 Å². The summed E-state index contributed by atoms with van der Waals surface area (Å²) in [6.45, 7) is 0.871. The summed E-state index contributed by atoms with van der Waals surface area (Å²) in [7, 11) is 0. The van der Waals surface area contributed by atoms with Crippen LogP contribution in [0.25, 0.3) is 0 Å². The number of thiocarbonyl (C=S) groups is 2. The van der Waals surface area contributed by atoms with Crippen LogP contribution in [0.3, 0.4) is 0 Å². The normalized spacial score (nSPS) is 7.77. The zero-order valence-corrected chi connectivity index (χ0v) is 12.1. The molecule has 0 aromatic carbocycles. The molecule has 0 rings (SSSR count). The molecule has 0 aromatic heterocycles. The van der Waals surface area contributed by atoms with E-state index < -0.39 is 0 Å². The molecule has 0 aliphatic carbocycles. The predicted molar refractivity (Wildman–Crippen MR) is 69.7 cm³/mol. The van der Waals surface area contributed by atoms with Crippen LogP contribution in [0.15, 0.2) is 0 Å². The van der Waals surface area contributed by atoms with Crippen LogP contribution in [0.2, 0.25) is 0 Å². The fourth-order valence-electron chi connectivity index (χ4n) is 0.495. The molecule has 0 aliphatic heterocycles. The van der Waals surface area contributed by atoms with Crippen molar-refractivity contribution in [3.05, 3.63) is 7.43 Å². The first-order chi connectivity index (χ1) is 5.16. The first-order valence-corrected chi connectivity index (χ1v) is 5.63. The molecule has 77 valence electrons. The van der Waals surface area contributed by atoms with Crippen molar-refractivity contribution >= 4 is 57.3 Å². The van der Waals surface area contributed by atoms with Crippen molar-refractivity contribution in [2.45, 2.75) is 12.8 Å². The fraction of sp³-hybridized carbons (Fsp3) is 0.571. The minimum absolute atomic E-state index is 0. The molecule has 6 heteroatoms. The molecular weight excluding hydrogens is 281 g/mol. The minimum Gasteiger partial charge on any atom is -0.433 e. The third-order valence-corrected chi connectivity index (χ3v) is 2.58. The van der Waals surface area contributed by atoms with Gasteiger partial charge in [0.05, 0.1) is 0 Å². The SMILES string of the molecule is CSC(=S)NCCCC(=S)[S-].[CH3-].[Mn+2]. The van der Waals surface area contributed by atoms with E-state index in [0.717, 1.165) is 23.7 Å². The summed E-state index contributed by atoms with van der Waals surface area (Å²) in [5.41, 5.74) is 0. The molecule has 1 radical (unpaired) electrons. The Morgan fingerprint density at radius 2 is 2.00 bits per heavy atom. The van der Waals surface area contributed by atoms with E-state index in [9.17, 15) is 0 Å². The molecule has 1 nitrogen and oxygen atoms in total. The van der Waals surface area contributed by atoms with Crippen LogP contribution in [0.5, 0.6) is 0 Å². The van der Waals surface area contributed by atoms with Gasteiger partial charge < -0.3 is 37.6 Å². The Morgan fingerprint density at radius 1 is 1.46 bits per heavy atom. The van der Waals surface area contributed by atoms with Gasteiger partial charge in [-0.05, 0) is 19.1 Å². The van der Waals surface area contributed by atoms with Crippen molar-refractivity contribution in [3.8, 4) is 0 Å². The molecule has 0 unspecified atom stereocenters. The van der Waals surface area contributed by atoms with E-state index in [0.29, 0.717) is 4.20 Å². The van der Waals surface area contributed by atoms with Crippen LogP contribution in [0.4, 0.5) is 0 Å². The average molecular weight is 294 g/mol. The van der Waals surface area contributed by atoms with Crippen LogP contribution in [-0.4, -0.2) is 21.3 Å². The third-order valence-electron chi connectivity index (χ3n) is 1.01. The Morgan fingerprint density at radius 3 is 2.38 bits per heavy atom. The summed E-state index contributed by atoms with van der Waals surface area (Å²) in [6, 6.07) is 0. The third kappa shape index (κ3) is 15.8. The number of nitrogens with one attached hydrogen (secondary N) is 1. The predicted octanol–water partition coefficient (Wildman–Crippen LogP) is 2.33. The molecule has 0 saturated heterocycles. The zero-order chi connectivity index (χ0) is 8.69. The van der Waals surface area contributed by atoms with Crippen molar-refractivity contribution in [1.29, 1.82) is 0 Å². The topological polar surface area (TPSA) is 12.0 Å². The Hall–Kier alpha value is 1.07. The minimum atomic E-state index is 0. The molecule has 0 spiro atoms. The van der Waals surface area contributed by atoms with Gasteiger partial charge in [0.1, 0.15) is 4.32 Å². The van der Waals surface area contributed by atoms with E-state index >= 15 is 0 Å². The maximum absolute atomic E-state index is 4.93. The van der Waals surface area contributed by atoms with E-state index in [1.165, 1.54) is 0 Å². The molecular formula is C7H13MnNS4. The summed E-state index contributed by atoms with van der Waals surface area (Å²) < 4.78 is 1.49. The van der Waals surface area contributed by atoms with Gasteiger partial charge in [0.25, 0.3) is 0 Å². The number of hydrogen-bond acceptors (Lipinski definition) is 4. The molecule has 0 amide bonds. The molecule has 0 bridgehead atoms. The first-order valence-electron chi connectivity index (χ1n) is 3.18. The van der Waals surface area contributed by atoms with E-state index in [1.54, 1.807) is 11.8 Å². The largest absolute Gasteiger partial charge is 2.00 e. The first kappa shape index (κ1) is 19.6. The molecule has 0 fully saturated rings.